The van der Waals surface area contributed by atoms with Crippen molar-refractivity contribution < 1.29 is 9.53 Å². The van der Waals surface area contributed by atoms with Crippen molar-refractivity contribution in [1.29, 1.82) is 0 Å². The van der Waals surface area contributed by atoms with Crippen molar-refractivity contribution in [3.63, 3.8) is 0 Å². The van der Waals surface area contributed by atoms with Gasteiger partial charge in [-0.15, -0.1) is 11.3 Å². The van der Waals surface area contributed by atoms with Crippen LogP contribution in [-0.4, -0.2) is 13.1 Å². The molecule has 0 N–H and O–H groups in total. The Kier molecular flexibility index (Phi) is 5.19. The number of allylic oxidation sites excluding steroid dienone is 3. The topological polar surface area (TPSA) is 26.3 Å². The molecule has 0 fully saturated rings. The number of methoxy groups -OCH3 is 1. The van der Waals surface area contributed by atoms with E-state index in [1.165, 1.54) is 18.4 Å². The van der Waals surface area contributed by atoms with Crippen molar-refractivity contribution in [2.45, 2.75) is 6.92 Å². The van der Waals surface area contributed by atoms with Gasteiger partial charge in [0.25, 0.3) is 0 Å². The molecule has 0 spiro atoms. The Bertz CT molecular complexity index is 466. The van der Waals surface area contributed by atoms with E-state index in [9.17, 15) is 4.79 Å². The summed E-state index contributed by atoms with van der Waals surface area (Å²) in [5, 5.41) is 2.57. The molecule has 90 valence electrons. The monoisotopic (exact) mass is 268 g/mol. The normalized spacial score (nSPS) is 12.4. The standard InChI is InChI=1S/C13H13ClO2S/c1-9(14)6-7-11(10(2)13(15)16-3)12-5-4-8-17-12/h4-8H,2H2,1,3H3/b9-6+,11-7+. The van der Waals surface area contributed by atoms with Crippen LogP contribution in [0, 0.1) is 0 Å². The minimum atomic E-state index is -0.440. The third-order valence-corrected chi connectivity index (χ3v) is 3.05. The van der Waals surface area contributed by atoms with Crippen LogP contribution in [0.25, 0.3) is 5.57 Å². The van der Waals surface area contributed by atoms with Crippen LogP contribution in [0.4, 0.5) is 0 Å². The lowest BCUT2D eigenvalue weighted by Gasteiger charge is -2.06. The van der Waals surface area contributed by atoms with E-state index in [2.05, 4.69) is 11.3 Å². The molecule has 1 rings (SSSR count). The Morgan fingerprint density at radius 3 is 2.71 bits per heavy atom. The molecular formula is C13H13ClO2S. The summed E-state index contributed by atoms with van der Waals surface area (Å²) in [6, 6.07) is 3.83. The maximum atomic E-state index is 11.5. The van der Waals surface area contributed by atoms with Crippen LogP contribution in [0.1, 0.15) is 11.8 Å². The van der Waals surface area contributed by atoms with Crippen LogP contribution in [0.15, 0.2) is 46.8 Å². The SMILES string of the molecule is C=C(C(=O)OC)/C(=C\C=C(/C)Cl)c1cccs1. The second kappa shape index (κ2) is 6.42. The molecule has 0 saturated carbocycles. The number of thiophene rings is 1. The van der Waals surface area contributed by atoms with Gasteiger partial charge in [-0.05, 0) is 24.4 Å². The molecule has 1 heterocycles. The number of carbonyl (C=O) groups excluding carboxylic acids is 1. The number of hydrogen-bond donors (Lipinski definition) is 0. The van der Waals surface area contributed by atoms with Gasteiger partial charge in [0.15, 0.2) is 0 Å². The van der Waals surface area contributed by atoms with E-state index < -0.39 is 5.97 Å². The van der Waals surface area contributed by atoms with Gasteiger partial charge in [-0.3, -0.25) is 0 Å². The first-order valence-corrected chi connectivity index (χ1v) is 6.17. The third-order valence-electron chi connectivity index (χ3n) is 2.02. The Morgan fingerprint density at radius 1 is 1.53 bits per heavy atom. The number of hydrogen-bond acceptors (Lipinski definition) is 3. The van der Waals surface area contributed by atoms with Crippen LogP contribution < -0.4 is 0 Å². The first-order valence-electron chi connectivity index (χ1n) is 4.91. The first kappa shape index (κ1) is 13.7. The van der Waals surface area contributed by atoms with Gasteiger partial charge in [-0.1, -0.05) is 30.3 Å². The van der Waals surface area contributed by atoms with Crippen molar-refractivity contribution >= 4 is 34.5 Å². The molecule has 4 heteroatoms. The van der Waals surface area contributed by atoms with Crippen LogP contribution in [-0.2, 0) is 9.53 Å². The van der Waals surface area contributed by atoms with E-state index in [-0.39, 0.29) is 0 Å². The lowest BCUT2D eigenvalue weighted by molar-refractivity contribution is -0.135. The molecule has 2 nitrogen and oxygen atoms in total. The number of rotatable bonds is 4. The zero-order valence-electron chi connectivity index (χ0n) is 9.70. The molecule has 0 aromatic carbocycles. The Labute approximate surface area is 110 Å². The molecule has 17 heavy (non-hydrogen) atoms. The molecule has 0 aliphatic heterocycles. The van der Waals surface area contributed by atoms with E-state index in [1.807, 2.05) is 17.5 Å². The minimum Gasteiger partial charge on any atom is -0.465 e. The Hall–Kier alpha value is -1.32. The van der Waals surface area contributed by atoms with Gasteiger partial charge in [0.2, 0.25) is 0 Å². The van der Waals surface area contributed by atoms with Gasteiger partial charge in [0, 0.05) is 15.5 Å². The predicted octanol–water partition coefficient (Wildman–Crippen LogP) is 4.00. The highest BCUT2D eigenvalue weighted by atomic mass is 35.5. The maximum absolute atomic E-state index is 11.5. The number of carbonyl (C=O) groups is 1. The maximum Gasteiger partial charge on any atom is 0.337 e. The summed E-state index contributed by atoms with van der Waals surface area (Å²) >= 11 is 7.31. The Morgan fingerprint density at radius 2 is 2.24 bits per heavy atom. The molecule has 0 amide bonds. The molecule has 0 aliphatic rings. The van der Waals surface area contributed by atoms with Crippen molar-refractivity contribution in [2.24, 2.45) is 0 Å². The highest BCUT2D eigenvalue weighted by Gasteiger charge is 2.14. The molecule has 0 radical (unpaired) electrons. The fourth-order valence-corrected chi connectivity index (χ4v) is 2.04. The lowest BCUT2D eigenvalue weighted by Crippen LogP contribution is -2.04. The largest absolute Gasteiger partial charge is 0.465 e. The predicted molar refractivity (Wildman–Crippen MR) is 73.1 cm³/mol. The van der Waals surface area contributed by atoms with Crippen molar-refractivity contribution in [3.8, 4) is 0 Å². The quantitative estimate of drug-likeness (QED) is 0.469. The molecule has 0 unspecified atom stereocenters. The summed E-state index contributed by atoms with van der Waals surface area (Å²) < 4.78 is 4.67. The average molecular weight is 269 g/mol. The molecular weight excluding hydrogens is 256 g/mol. The van der Waals surface area contributed by atoms with E-state index in [4.69, 9.17) is 11.6 Å². The molecule has 0 aliphatic carbocycles. The van der Waals surface area contributed by atoms with Gasteiger partial charge in [0.05, 0.1) is 12.7 Å². The molecule has 1 aromatic heterocycles. The number of esters is 1. The average Bonchev–Trinajstić information content (AvgIpc) is 2.81. The summed E-state index contributed by atoms with van der Waals surface area (Å²) in [6.07, 6.45) is 3.50. The van der Waals surface area contributed by atoms with Crippen LogP contribution in [0.3, 0.4) is 0 Å². The summed E-state index contributed by atoms with van der Waals surface area (Å²) in [6.45, 7) is 5.52. The smallest absolute Gasteiger partial charge is 0.337 e. The third kappa shape index (κ3) is 3.88. The van der Waals surface area contributed by atoms with Crippen LogP contribution in [0.2, 0.25) is 0 Å². The molecule has 0 atom stereocenters. The van der Waals surface area contributed by atoms with Crippen molar-refractivity contribution in [2.75, 3.05) is 7.11 Å². The van der Waals surface area contributed by atoms with Gasteiger partial charge in [-0.25, -0.2) is 4.79 Å². The van der Waals surface area contributed by atoms with Gasteiger partial charge >= 0.3 is 5.97 Å². The highest BCUT2D eigenvalue weighted by Crippen LogP contribution is 2.27. The fraction of sp³-hybridized carbons (Fsp3) is 0.154. The summed E-state index contributed by atoms with van der Waals surface area (Å²) in [4.78, 5) is 12.4. The van der Waals surface area contributed by atoms with Crippen molar-refractivity contribution in [3.05, 3.63) is 51.7 Å². The zero-order chi connectivity index (χ0) is 12.8. The van der Waals surface area contributed by atoms with Crippen molar-refractivity contribution in [1.82, 2.24) is 0 Å². The van der Waals surface area contributed by atoms with E-state index in [1.54, 1.807) is 19.1 Å². The summed E-state index contributed by atoms with van der Waals surface area (Å²) in [7, 11) is 1.34. The second-order valence-corrected chi connectivity index (χ2v) is 4.83. The first-order chi connectivity index (χ1) is 8.06. The number of ether oxygens (including phenoxy) is 1. The van der Waals surface area contributed by atoms with E-state index in [0.29, 0.717) is 10.6 Å². The van der Waals surface area contributed by atoms with Crippen LogP contribution in [0.5, 0.6) is 0 Å². The van der Waals surface area contributed by atoms with E-state index in [0.717, 1.165) is 10.5 Å². The highest BCUT2D eigenvalue weighted by molar-refractivity contribution is 7.11. The van der Waals surface area contributed by atoms with Crippen LogP contribution >= 0.6 is 22.9 Å². The van der Waals surface area contributed by atoms with Gasteiger partial charge < -0.3 is 4.74 Å². The minimum absolute atomic E-state index is 0.323. The number of halogens is 1. The fourth-order valence-electron chi connectivity index (χ4n) is 1.19. The summed E-state index contributed by atoms with van der Waals surface area (Å²) in [5.41, 5.74) is 1.05. The molecule has 0 bridgehead atoms. The summed E-state index contributed by atoms with van der Waals surface area (Å²) in [5.74, 6) is -0.440. The van der Waals surface area contributed by atoms with Gasteiger partial charge in [-0.2, -0.15) is 0 Å². The second-order valence-electron chi connectivity index (χ2n) is 3.28. The molecule has 0 saturated heterocycles. The lowest BCUT2D eigenvalue weighted by atomic mass is 10.1. The van der Waals surface area contributed by atoms with E-state index >= 15 is 0 Å². The molecule has 1 aromatic rings. The van der Waals surface area contributed by atoms with Gasteiger partial charge in [0.1, 0.15) is 0 Å². The zero-order valence-corrected chi connectivity index (χ0v) is 11.3. The Balaban J connectivity index is 3.12.